The molecule has 1 aliphatic carbocycles. The van der Waals surface area contributed by atoms with Gasteiger partial charge in [-0.2, -0.15) is 0 Å². The van der Waals surface area contributed by atoms with E-state index in [0.29, 0.717) is 5.02 Å². The molecule has 0 bridgehead atoms. The Kier molecular flexibility index (Phi) is 10.1. The number of anilines is 6. The zero-order valence-electron chi connectivity index (χ0n) is 42.5. The Labute approximate surface area is 461 Å². The number of hydrogen-bond donors (Lipinski definition) is 0. The minimum Gasteiger partial charge on any atom is -0.456 e. The highest BCUT2D eigenvalue weighted by Gasteiger charge is 2.52. The molecule has 0 saturated heterocycles. The second-order valence-corrected chi connectivity index (χ2v) is 20.9. The van der Waals surface area contributed by atoms with Crippen LogP contribution in [0.5, 0.6) is 11.5 Å². The monoisotopic (exact) mass is 1030 g/mol. The van der Waals surface area contributed by atoms with Crippen LogP contribution in [0.3, 0.4) is 0 Å². The molecule has 0 fully saturated rings. The van der Waals surface area contributed by atoms with Crippen molar-refractivity contribution in [3.05, 3.63) is 300 Å². The van der Waals surface area contributed by atoms with E-state index in [1.165, 1.54) is 0 Å². The normalized spacial score (nSPS) is 14.0. The molecule has 1 unspecified atom stereocenters. The summed E-state index contributed by atoms with van der Waals surface area (Å²) in [5.41, 5.74) is 19.0. The Hall–Kier alpha value is -10.1. The first-order valence-electron chi connectivity index (χ1n) is 26.7. The van der Waals surface area contributed by atoms with Crippen LogP contribution in [0.4, 0.5) is 34.1 Å². The molecule has 1 aliphatic heterocycles. The molecule has 5 nitrogen and oxygen atoms in total. The minimum atomic E-state index is -0.827. The van der Waals surface area contributed by atoms with Crippen LogP contribution < -0.4 is 14.5 Å². The fourth-order valence-corrected chi connectivity index (χ4v) is 13.0. The van der Waals surface area contributed by atoms with E-state index in [2.05, 4.69) is 259 Å². The van der Waals surface area contributed by atoms with Gasteiger partial charge in [-0.25, -0.2) is 0 Å². The maximum Gasteiger partial charge on any atom is 0.156 e. The molecule has 14 aromatic rings. The van der Waals surface area contributed by atoms with Crippen LogP contribution in [0.15, 0.2) is 282 Å². The first-order valence-corrected chi connectivity index (χ1v) is 27.0. The van der Waals surface area contributed by atoms with Crippen molar-refractivity contribution in [2.45, 2.75) is 5.41 Å². The van der Waals surface area contributed by atoms with Gasteiger partial charge in [0.1, 0.15) is 28.1 Å². The van der Waals surface area contributed by atoms with Crippen LogP contribution in [0.25, 0.3) is 77.3 Å². The number of furan rings is 2. The summed E-state index contributed by atoms with van der Waals surface area (Å²) in [7, 11) is 0. The molecular formula is C73H45ClN2O3. The highest BCUT2D eigenvalue weighted by molar-refractivity contribution is 6.31. The van der Waals surface area contributed by atoms with Gasteiger partial charge in [-0.15, -0.1) is 0 Å². The van der Waals surface area contributed by atoms with Gasteiger partial charge >= 0.3 is 0 Å². The first kappa shape index (κ1) is 45.2. The second kappa shape index (κ2) is 17.8. The largest absolute Gasteiger partial charge is 0.456 e. The quantitative estimate of drug-likeness (QED) is 0.152. The molecule has 0 radical (unpaired) electrons. The number of para-hydroxylation sites is 5. The zero-order chi connectivity index (χ0) is 52.2. The molecule has 3 heterocycles. The van der Waals surface area contributed by atoms with E-state index in [1.807, 2.05) is 24.3 Å². The van der Waals surface area contributed by atoms with E-state index < -0.39 is 5.41 Å². The Balaban J connectivity index is 0.983. The molecule has 1 atom stereocenters. The van der Waals surface area contributed by atoms with E-state index in [4.69, 9.17) is 25.2 Å². The van der Waals surface area contributed by atoms with Crippen LogP contribution in [0, 0.1) is 0 Å². The van der Waals surface area contributed by atoms with Gasteiger partial charge in [-0.1, -0.05) is 194 Å². The summed E-state index contributed by atoms with van der Waals surface area (Å²) in [5.74, 6) is 1.47. The number of rotatable bonds is 8. The molecule has 6 heteroatoms. The second-order valence-electron chi connectivity index (χ2n) is 20.4. The summed E-state index contributed by atoms with van der Waals surface area (Å²) in [4.78, 5) is 4.71. The maximum atomic E-state index is 7.81. The number of hydrogen-bond acceptors (Lipinski definition) is 5. The van der Waals surface area contributed by atoms with Crippen LogP contribution in [-0.4, -0.2) is 0 Å². The summed E-state index contributed by atoms with van der Waals surface area (Å²) >= 11 is 6.99. The van der Waals surface area contributed by atoms with E-state index >= 15 is 0 Å². The van der Waals surface area contributed by atoms with Gasteiger partial charge in [-0.3, -0.25) is 0 Å². The summed E-state index contributed by atoms with van der Waals surface area (Å²) < 4.78 is 21.3. The highest BCUT2D eigenvalue weighted by atomic mass is 35.5. The lowest BCUT2D eigenvalue weighted by Gasteiger charge is -2.41. The van der Waals surface area contributed by atoms with Crippen molar-refractivity contribution in [2.75, 3.05) is 9.80 Å². The highest BCUT2D eigenvalue weighted by Crippen LogP contribution is 2.65. The van der Waals surface area contributed by atoms with Crippen molar-refractivity contribution in [2.24, 2.45) is 0 Å². The summed E-state index contributed by atoms with van der Waals surface area (Å²) in [5, 5.41) is 4.81. The Morgan fingerprint density at radius 3 is 1.72 bits per heavy atom. The van der Waals surface area contributed by atoms with Crippen molar-refractivity contribution in [1.29, 1.82) is 0 Å². The van der Waals surface area contributed by atoms with Crippen LogP contribution in [0.2, 0.25) is 5.02 Å². The van der Waals surface area contributed by atoms with Crippen LogP contribution >= 0.6 is 11.6 Å². The van der Waals surface area contributed by atoms with Crippen molar-refractivity contribution in [3.8, 4) is 44.9 Å². The standard InChI is InChI=1S/C73H45ClN2O3/c74-49-36-38-61-58(42-49)54-28-13-16-31-60(54)73(61)62-39-37-52(75(50-24-9-3-10-25-50)53-43-57(47-22-7-2-8-23-47)71-59(44-53)55-29-14-17-34-66(55)78-71)45-68(62)79-72-63(73)32-19-33-64(72)76(51-26-11-4-12-27-51)65-40-48(46-20-5-1-6-21-46)41-69-70(65)56-30-15-18-35-67(56)77-69/h1-45H. The molecule has 0 N–H and O–H groups in total. The Morgan fingerprint density at radius 2 is 0.949 bits per heavy atom. The van der Waals surface area contributed by atoms with Crippen LogP contribution in [0.1, 0.15) is 22.3 Å². The third-order valence-electron chi connectivity index (χ3n) is 16.1. The molecule has 12 aromatic carbocycles. The number of nitrogens with zero attached hydrogens (tertiary/aromatic N) is 2. The average molecular weight is 1030 g/mol. The molecule has 16 rings (SSSR count). The Bertz CT molecular complexity index is 4720. The van der Waals surface area contributed by atoms with Crippen molar-refractivity contribution < 1.29 is 13.6 Å². The predicted molar refractivity (Wildman–Crippen MR) is 324 cm³/mol. The molecule has 79 heavy (non-hydrogen) atoms. The minimum absolute atomic E-state index is 0.683. The fourth-order valence-electron chi connectivity index (χ4n) is 12.8. The van der Waals surface area contributed by atoms with Crippen LogP contribution in [-0.2, 0) is 5.41 Å². The Morgan fingerprint density at radius 1 is 0.329 bits per heavy atom. The number of ether oxygens (including phenoxy) is 1. The first-order chi connectivity index (χ1) is 39.1. The molecule has 372 valence electrons. The smallest absolute Gasteiger partial charge is 0.156 e. The summed E-state index contributed by atoms with van der Waals surface area (Å²) in [6, 6.07) is 96.6. The van der Waals surface area contributed by atoms with E-state index in [1.54, 1.807) is 0 Å². The maximum absolute atomic E-state index is 7.81. The van der Waals surface area contributed by atoms with Gasteiger partial charge in [0.25, 0.3) is 0 Å². The molecular weight excluding hydrogens is 988 g/mol. The van der Waals surface area contributed by atoms with Crippen molar-refractivity contribution in [3.63, 3.8) is 0 Å². The molecule has 2 aromatic heterocycles. The fraction of sp³-hybridized carbons (Fsp3) is 0.0137. The predicted octanol–water partition coefficient (Wildman–Crippen LogP) is 20.9. The average Bonchev–Trinajstić information content (AvgIpc) is 3.15. The van der Waals surface area contributed by atoms with E-state index in [-0.39, 0.29) is 0 Å². The third-order valence-corrected chi connectivity index (χ3v) is 16.4. The van der Waals surface area contributed by atoms with Gasteiger partial charge in [0.2, 0.25) is 0 Å². The molecule has 1 spiro atoms. The van der Waals surface area contributed by atoms with Gasteiger partial charge in [0, 0.05) is 66.7 Å². The lowest BCUT2D eigenvalue weighted by atomic mass is 9.66. The number of halogens is 1. The zero-order valence-corrected chi connectivity index (χ0v) is 43.2. The lowest BCUT2D eigenvalue weighted by molar-refractivity contribution is 0.437. The summed E-state index contributed by atoms with van der Waals surface area (Å²) in [6.45, 7) is 0. The molecule has 0 amide bonds. The van der Waals surface area contributed by atoms with E-state index in [9.17, 15) is 0 Å². The van der Waals surface area contributed by atoms with Crippen molar-refractivity contribution >= 4 is 89.6 Å². The topological polar surface area (TPSA) is 42.0 Å². The lowest BCUT2D eigenvalue weighted by Crippen LogP contribution is -2.33. The van der Waals surface area contributed by atoms with Gasteiger partial charge < -0.3 is 23.4 Å². The van der Waals surface area contributed by atoms with Gasteiger partial charge in [-0.05, 0) is 124 Å². The van der Waals surface area contributed by atoms with E-state index in [0.717, 1.165) is 145 Å². The molecule has 2 aliphatic rings. The van der Waals surface area contributed by atoms with Gasteiger partial charge in [0.05, 0.1) is 22.2 Å². The van der Waals surface area contributed by atoms with Crippen molar-refractivity contribution in [1.82, 2.24) is 0 Å². The summed E-state index contributed by atoms with van der Waals surface area (Å²) in [6.07, 6.45) is 0. The van der Waals surface area contributed by atoms with Gasteiger partial charge in [0.15, 0.2) is 5.75 Å². The SMILES string of the molecule is Clc1ccc2c(c1)-c1ccccc1C21c2ccc(N(c3ccccc3)c3cc(-c4ccccc4)c4oc5ccccc5c4c3)cc2Oc2c(N(c3ccccc3)c3cc(-c4ccccc4)cc4oc5ccccc5c34)cccc21. The third kappa shape index (κ3) is 6.90. The number of fused-ring (bicyclic) bond motifs is 15. The molecule has 0 saturated carbocycles. The number of benzene rings is 12.